The van der Waals surface area contributed by atoms with Crippen molar-refractivity contribution in [3.8, 4) is 0 Å². The molecular formula is C17H21N3O3S. The van der Waals surface area contributed by atoms with Gasteiger partial charge in [0, 0.05) is 43.5 Å². The first kappa shape index (κ1) is 16.7. The summed E-state index contributed by atoms with van der Waals surface area (Å²) in [6, 6.07) is 4.00. The van der Waals surface area contributed by atoms with Crippen molar-refractivity contribution in [3.63, 3.8) is 0 Å². The number of likely N-dealkylation sites (tertiary alicyclic amines) is 1. The van der Waals surface area contributed by atoms with E-state index in [1.807, 2.05) is 30.8 Å². The van der Waals surface area contributed by atoms with Crippen molar-refractivity contribution in [3.05, 3.63) is 40.3 Å². The molecule has 24 heavy (non-hydrogen) atoms. The number of hydrogen-bond donors (Lipinski definition) is 1. The number of rotatable bonds is 5. The van der Waals surface area contributed by atoms with Gasteiger partial charge in [-0.3, -0.25) is 14.3 Å². The minimum Gasteiger partial charge on any atom is -0.481 e. The number of aryl methyl sites for hydroxylation is 2. The summed E-state index contributed by atoms with van der Waals surface area (Å²) in [7, 11) is 1.84. The molecule has 3 heterocycles. The van der Waals surface area contributed by atoms with E-state index in [4.69, 9.17) is 0 Å². The number of piperidine rings is 1. The Morgan fingerprint density at radius 1 is 1.42 bits per heavy atom. The summed E-state index contributed by atoms with van der Waals surface area (Å²) in [5.41, 5.74) is 1.000. The fraction of sp³-hybridized carbons (Fsp3) is 0.471. The van der Waals surface area contributed by atoms with Crippen molar-refractivity contribution >= 4 is 23.2 Å². The normalized spacial score (nSPS) is 21.0. The molecule has 3 rings (SSSR count). The quantitative estimate of drug-likeness (QED) is 0.899. The molecule has 1 amide bonds. The van der Waals surface area contributed by atoms with Gasteiger partial charge in [0.25, 0.3) is 0 Å². The molecule has 2 aromatic heterocycles. The number of carboxylic acids is 1. The van der Waals surface area contributed by atoms with E-state index < -0.39 is 11.9 Å². The summed E-state index contributed by atoms with van der Waals surface area (Å²) < 4.78 is 1.71. The number of nitrogens with zero attached hydrogens (tertiary/aromatic N) is 3. The minimum absolute atomic E-state index is 0.0271. The molecule has 1 aliphatic heterocycles. The van der Waals surface area contributed by atoms with E-state index in [0.717, 1.165) is 5.56 Å². The first-order valence-corrected chi connectivity index (χ1v) is 8.92. The van der Waals surface area contributed by atoms with Gasteiger partial charge in [0.15, 0.2) is 0 Å². The van der Waals surface area contributed by atoms with Gasteiger partial charge in [0.05, 0.1) is 12.1 Å². The van der Waals surface area contributed by atoms with Crippen molar-refractivity contribution in [1.29, 1.82) is 0 Å². The third-order valence-corrected chi connectivity index (χ3v) is 5.45. The maximum absolute atomic E-state index is 12.6. The fourth-order valence-corrected chi connectivity index (χ4v) is 3.93. The van der Waals surface area contributed by atoms with Crippen molar-refractivity contribution in [1.82, 2.24) is 14.7 Å². The molecule has 0 bridgehead atoms. The van der Waals surface area contributed by atoms with Crippen molar-refractivity contribution in [2.45, 2.75) is 25.2 Å². The molecule has 1 saturated heterocycles. The van der Waals surface area contributed by atoms with E-state index in [2.05, 4.69) is 5.10 Å². The van der Waals surface area contributed by atoms with Gasteiger partial charge in [-0.2, -0.15) is 5.10 Å². The molecule has 1 N–H and O–H groups in total. The number of aromatic nitrogens is 2. The Kier molecular flexibility index (Phi) is 4.99. The van der Waals surface area contributed by atoms with E-state index in [1.165, 1.54) is 4.88 Å². The topological polar surface area (TPSA) is 75.4 Å². The molecule has 6 nitrogen and oxygen atoms in total. The van der Waals surface area contributed by atoms with E-state index in [0.29, 0.717) is 32.4 Å². The molecule has 2 unspecified atom stereocenters. The van der Waals surface area contributed by atoms with Gasteiger partial charge >= 0.3 is 5.97 Å². The van der Waals surface area contributed by atoms with E-state index in [-0.39, 0.29) is 11.8 Å². The molecule has 7 heteroatoms. The molecule has 0 saturated carbocycles. The van der Waals surface area contributed by atoms with Gasteiger partial charge in [-0.05, 0) is 29.9 Å². The molecule has 1 aliphatic rings. The Labute approximate surface area is 144 Å². The Morgan fingerprint density at radius 2 is 2.25 bits per heavy atom. The first-order valence-electron chi connectivity index (χ1n) is 8.04. The van der Waals surface area contributed by atoms with Crippen LogP contribution in [0.25, 0.3) is 0 Å². The van der Waals surface area contributed by atoms with Crippen molar-refractivity contribution in [2.24, 2.45) is 13.0 Å². The predicted octanol–water partition coefficient (Wildman–Crippen LogP) is 2.13. The van der Waals surface area contributed by atoms with Crippen LogP contribution in [0.1, 0.15) is 29.2 Å². The minimum atomic E-state index is -0.834. The Morgan fingerprint density at radius 3 is 2.88 bits per heavy atom. The van der Waals surface area contributed by atoms with Crippen LogP contribution in [0, 0.1) is 5.92 Å². The van der Waals surface area contributed by atoms with Crippen LogP contribution < -0.4 is 0 Å². The second kappa shape index (κ2) is 7.17. The summed E-state index contributed by atoms with van der Waals surface area (Å²) >= 11 is 1.64. The molecule has 0 radical (unpaired) electrons. The number of carboxylic acid groups (broad SMARTS) is 1. The summed E-state index contributed by atoms with van der Waals surface area (Å²) in [6.07, 6.45) is 5.36. The van der Waals surface area contributed by atoms with Gasteiger partial charge in [0.1, 0.15) is 0 Å². The van der Waals surface area contributed by atoms with Gasteiger partial charge in [0.2, 0.25) is 5.91 Å². The lowest BCUT2D eigenvalue weighted by Gasteiger charge is -2.36. The van der Waals surface area contributed by atoms with Gasteiger partial charge in [-0.15, -0.1) is 11.3 Å². The van der Waals surface area contributed by atoms with Crippen LogP contribution in [0.15, 0.2) is 29.9 Å². The van der Waals surface area contributed by atoms with E-state index in [1.54, 1.807) is 27.1 Å². The highest BCUT2D eigenvalue weighted by molar-refractivity contribution is 7.09. The number of carbonyl (C=O) groups excluding carboxylic acids is 1. The molecule has 0 aromatic carbocycles. The third kappa shape index (κ3) is 3.84. The number of hydrogen-bond acceptors (Lipinski definition) is 4. The Balaban J connectivity index is 1.68. The Hall–Kier alpha value is -2.15. The van der Waals surface area contributed by atoms with Crippen LogP contribution in [-0.2, 0) is 23.1 Å². The number of amides is 1. The number of aliphatic carboxylic acids is 1. The predicted molar refractivity (Wildman–Crippen MR) is 90.9 cm³/mol. The largest absolute Gasteiger partial charge is 0.481 e. The highest BCUT2D eigenvalue weighted by atomic mass is 32.1. The summed E-state index contributed by atoms with van der Waals surface area (Å²) in [5, 5.41) is 15.6. The summed E-state index contributed by atoms with van der Waals surface area (Å²) in [4.78, 5) is 26.9. The molecule has 0 spiro atoms. The zero-order valence-electron chi connectivity index (χ0n) is 13.6. The van der Waals surface area contributed by atoms with Crippen LogP contribution in [0.4, 0.5) is 0 Å². The lowest BCUT2D eigenvalue weighted by Crippen LogP contribution is -2.45. The second-order valence-corrected chi connectivity index (χ2v) is 7.33. The fourth-order valence-electron chi connectivity index (χ4n) is 3.22. The lowest BCUT2D eigenvalue weighted by molar-refractivity contribution is -0.146. The number of thiophene rings is 1. The van der Waals surface area contributed by atoms with Crippen molar-refractivity contribution in [2.75, 3.05) is 13.1 Å². The maximum Gasteiger partial charge on any atom is 0.308 e. The highest BCUT2D eigenvalue weighted by Gasteiger charge is 2.34. The van der Waals surface area contributed by atoms with Crippen LogP contribution in [-0.4, -0.2) is 44.8 Å². The summed E-state index contributed by atoms with van der Waals surface area (Å²) in [5.74, 6) is -1.29. The van der Waals surface area contributed by atoms with E-state index in [9.17, 15) is 14.7 Å². The highest BCUT2D eigenvalue weighted by Crippen LogP contribution is 2.30. The lowest BCUT2D eigenvalue weighted by atomic mass is 9.85. The molecule has 2 atom stereocenters. The molecule has 0 aliphatic carbocycles. The zero-order valence-corrected chi connectivity index (χ0v) is 14.4. The Bertz CT molecular complexity index is 710. The standard InChI is InChI=1S/C17H21N3O3S/c1-19-9-14(8-18-19)12-7-13(17(22)23)11-20(10-12)16(21)5-4-15-3-2-6-24-15/h2-3,6,8-9,12-13H,4-5,7,10-11H2,1H3,(H,22,23). The second-order valence-electron chi connectivity index (χ2n) is 6.29. The average molecular weight is 347 g/mol. The summed E-state index contributed by atoms with van der Waals surface area (Å²) in [6.45, 7) is 0.869. The number of carbonyl (C=O) groups is 2. The van der Waals surface area contributed by atoms with Crippen LogP contribution >= 0.6 is 11.3 Å². The molecular weight excluding hydrogens is 326 g/mol. The van der Waals surface area contributed by atoms with Gasteiger partial charge < -0.3 is 10.0 Å². The molecule has 2 aromatic rings. The first-order chi connectivity index (χ1) is 11.5. The monoisotopic (exact) mass is 347 g/mol. The van der Waals surface area contributed by atoms with E-state index >= 15 is 0 Å². The molecule has 128 valence electrons. The maximum atomic E-state index is 12.6. The van der Waals surface area contributed by atoms with Gasteiger partial charge in [-0.25, -0.2) is 0 Å². The van der Waals surface area contributed by atoms with Crippen LogP contribution in [0.5, 0.6) is 0 Å². The van der Waals surface area contributed by atoms with Crippen molar-refractivity contribution < 1.29 is 14.7 Å². The average Bonchev–Trinajstić information content (AvgIpc) is 3.23. The van der Waals surface area contributed by atoms with Gasteiger partial charge in [-0.1, -0.05) is 6.07 Å². The smallest absolute Gasteiger partial charge is 0.308 e. The van der Waals surface area contributed by atoms with Crippen LogP contribution in [0.3, 0.4) is 0 Å². The molecule has 1 fully saturated rings. The third-order valence-electron chi connectivity index (χ3n) is 4.51. The zero-order chi connectivity index (χ0) is 17.1. The van der Waals surface area contributed by atoms with Crippen LogP contribution in [0.2, 0.25) is 0 Å². The SMILES string of the molecule is Cn1cc(C2CC(C(=O)O)CN(C(=O)CCc3cccs3)C2)cn1.